The zero-order valence-electron chi connectivity index (χ0n) is 23.9. The Morgan fingerprint density at radius 3 is 2.21 bits per heavy atom. The summed E-state index contributed by atoms with van der Waals surface area (Å²) in [6, 6.07) is -3.64. The number of likely N-dealkylation sites (N-methyl/N-ethyl adjacent to an activating group) is 2. The smallest absolute Gasteiger partial charge is 0.253 e. The van der Waals surface area contributed by atoms with Gasteiger partial charge in [-0.2, -0.15) is 0 Å². The van der Waals surface area contributed by atoms with Crippen LogP contribution in [-0.2, 0) is 23.7 Å². The number of amides is 1. The van der Waals surface area contributed by atoms with Crippen molar-refractivity contribution in [3.63, 3.8) is 0 Å². The number of carbonyl (C=O) groups excluding carboxylic acids is 1. The Hall–Kier alpha value is -1.13. The molecule has 2 saturated carbocycles. The molecule has 16 atom stereocenters. The van der Waals surface area contributed by atoms with Gasteiger partial charge in [-0.25, -0.2) is 0 Å². The molecule has 2 saturated heterocycles. The highest BCUT2D eigenvalue weighted by atomic mass is 16.7. The lowest BCUT2D eigenvalue weighted by Gasteiger charge is -2.49. The van der Waals surface area contributed by atoms with E-state index >= 15 is 0 Å². The molecule has 0 spiro atoms. The van der Waals surface area contributed by atoms with Gasteiger partial charge in [0.05, 0.1) is 18.7 Å². The van der Waals surface area contributed by atoms with Crippen molar-refractivity contribution in [2.75, 3.05) is 26.7 Å². The summed E-state index contributed by atoms with van der Waals surface area (Å²) in [5, 5.41) is 83.3. The van der Waals surface area contributed by atoms with Crippen LogP contribution in [0.2, 0.25) is 0 Å². The van der Waals surface area contributed by atoms with E-state index in [9.17, 15) is 40.5 Å². The minimum atomic E-state index is -1.79. The normalized spacial score (nSPS) is 51.2. The SMILES string of the molecule is CCNC[C@H]1O[C@H](OC2[C@@H](N)C[C@@H](NC(=O)C3(O)CC3N)[C@H](O[C@H]3OC[C@](C)(O)[C@H](NC)[C@H]3O)[C@H]2O)[C@H](O)[C@@H](O)[C@@H]1O. The van der Waals surface area contributed by atoms with E-state index in [0.717, 1.165) is 0 Å². The zero-order valence-corrected chi connectivity index (χ0v) is 23.9. The van der Waals surface area contributed by atoms with E-state index in [1.54, 1.807) is 0 Å². The second kappa shape index (κ2) is 13.1. The summed E-state index contributed by atoms with van der Waals surface area (Å²) < 4.78 is 23.2. The van der Waals surface area contributed by atoms with Crippen LogP contribution in [0.1, 0.15) is 26.7 Å². The summed E-state index contributed by atoms with van der Waals surface area (Å²) in [5.74, 6) is -0.789. The molecule has 0 radical (unpaired) electrons. The molecule has 2 heterocycles. The Kier molecular flexibility index (Phi) is 10.5. The summed E-state index contributed by atoms with van der Waals surface area (Å²) in [7, 11) is 1.54. The molecule has 3 unspecified atom stereocenters. The van der Waals surface area contributed by atoms with E-state index in [1.807, 2.05) is 6.92 Å². The van der Waals surface area contributed by atoms with Gasteiger partial charge >= 0.3 is 0 Å². The van der Waals surface area contributed by atoms with Gasteiger partial charge in [-0.15, -0.1) is 0 Å². The Labute approximate surface area is 243 Å². The largest absolute Gasteiger partial charge is 0.388 e. The van der Waals surface area contributed by atoms with Crippen LogP contribution in [0.3, 0.4) is 0 Å². The third kappa shape index (κ3) is 6.60. The molecule has 0 aromatic rings. The first-order chi connectivity index (χ1) is 19.7. The number of hydrogen-bond acceptors (Lipinski definition) is 16. The predicted molar refractivity (Wildman–Crippen MR) is 142 cm³/mol. The fourth-order valence-corrected chi connectivity index (χ4v) is 5.93. The number of carbonyl (C=O) groups is 1. The van der Waals surface area contributed by atoms with E-state index < -0.39 is 103 Å². The lowest BCUT2D eigenvalue weighted by Crippen LogP contribution is -2.70. The highest BCUT2D eigenvalue weighted by Crippen LogP contribution is 2.36. The van der Waals surface area contributed by atoms with Crippen LogP contribution in [0.15, 0.2) is 0 Å². The molecule has 4 fully saturated rings. The van der Waals surface area contributed by atoms with Crippen molar-refractivity contribution in [1.82, 2.24) is 16.0 Å². The first kappa shape index (κ1) is 33.8. The Morgan fingerprint density at radius 2 is 1.62 bits per heavy atom. The lowest BCUT2D eigenvalue weighted by molar-refractivity contribution is -0.330. The van der Waals surface area contributed by atoms with Gasteiger partial charge in [-0.1, -0.05) is 6.92 Å². The molecule has 1 amide bonds. The van der Waals surface area contributed by atoms with E-state index in [4.69, 9.17) is 30.4 Å². The van der Waals surface area contributed by atoms with Crippen LogP contribution in [0.4, 0.5) is 0 Å². The molecule has 14 N–H and O–H groups in total. The number of ether oxygens (including phenoxy) is 4. The third-order valence-corrected chi connectivity index (χ3v) is 8.70. The molecule has 0 aromatic carbocycles. The molecular weight excluding hydrogens is 562 g/mol. The van der Waals surface area contributed by atoms with Crippen LogP contribution >= 0.6 is 0 Å². The van der Waals surface area contributed by atoms with Gasteiger partial charge in [0, 0.05) is 25.0 Å². The van der Waals surface area contributed by atoms with E-state index in [-0.39, 0.29) is 26.0 Å². The maximum absolute atomic E-state index is 12.9. The molecule has 2 aliphatic heterocycles. The molecule has 4 rings (SSSR count). The molecule has 42 heavy (non-hydrogen) atoms. The van der Waals surface area contributed by atoms with Crippen LogP contribution in [0.25, 0.3) is 0 Å². The monoisotopic (exact) mass is 609 g/mol. The van der Waals surface area contributed by atoms with E-state index in [0.29, 0.717) is 6.54 Å². The number of rotatable bonds is 10. The van der Waals surface area contributed by atoms with Gasteiger partial charge in [0.1, 0.15) is 54.4 Å². The summed E-state index contributed by atoms with van der Waals surface area (Å²) >= 11 is 0. The van der Waals surface area contributed by atoms with Gasteiger partial charge in [0.25, 0.3) is 5.91 Å². The fraction of sp³-hybridized carbons (Fsp3) is 0.960. The molecule has 4 aliphatic rings. The Balaban J connectivity index is 1.55. The van der Waals surface area contributed by atoms with Crippen LogP contribution in [0, 0.1) is 0 Å². The zero-order chi connectivity index (χ0) is 31.1. The number of nitrogens with two attached hydrogens (primary N) is 2. The molecule has 17 nitrogen and oxygen atoms in total. The molecular formula is C25H47N5O12. The Morgan fingerprint density at radius 1 is 0.976 bits per heavy atom. The van der Waals surface area contributed by atoms with Crippen molar-refractivity contribution in [2.45, 2.75) is 123 Å². The van der Waals surface area contributed by atoms with Crippen molar-refractivity contribution in [3.05, 3.63) is 0 Å². The highest BCUT2D eigenvalue weighted by Gasteiger charge is 2.59. The van der Waals surface area contributed by atoms with Crippen LogP contribution < -0.4 is 27.4 Å². The average molecular weight is 610 g/mol. The second-order valence-corrected chi connectivity index (χ2v) is 12.0. The van der Waals surface area contributed by atoms with Crippen molar-refractivity contribution in [1.29, 1.82) is 0 Å². The first-order valence-corrected chi connectivity index (χ1v) is 14.3. The summed E-state index contributed by atoms with van der Waals surface area (Å²) in [6.07, 6.45) is -14.3. The van der Waals surface area contributed by atoms with Crippen molar-refractivity contribution in [2.24, 2.45) is 11.5 Å². The topological polar surface area (TPSA) is 284 Å². The average Bonchev–Trinajstić information content (AvgIpc) is 3.56. The van der Waals surface area contributed by atoms with Gasteiger partial charge in [0.2, 0.25) is 0 Å². The molecule has 2 aliphatic carbocycles. The first-order valence-electron chi connectivity index (χ1n) is 14.3. The van der Waals surface area contributed by atoms with Gasteiger partial charge in [0.15, 0.2) is 18.2 Å². The van der Waals surface area contributed by atoms with Gasteiger partial charge < -0.3 is 82.1 Å². The van der Waals surface area contributed by atoms with E-state index in [1.165, 1.54) is 14.0 Å². The van der Waals surface area contributed by atoms with Crippen molar-refractivity contribution >= 4 is 5.91 Å². The molecule has 244 valence electrons. The summed E-state index contributed by atoms with van der Waals surface area (Å²) in [4.78, 5) is 12.9. The standard InChI is InChI=1S/C25H47N5O12/c1-4-29-7-11-13(31)14(32)15(33)22(40-11)41-18-9(26)5-10(30-23(36)25(38)6-12(25)27)19(16(18)34)42-21-17(35)20(28-3)24(2,37)8-39-21/h9-22,28-29,31-35,37-38H,4-8,26-27H2,1-3H3,(H,30,36)/t9-,10+,11+,12?,13+,14-,15+,16-,17+,18?,19-,20+,21+,22+,24-,25?/m0/s1. The lowest BCUT2D eigenvalue weighted by atomic mass is 9.83. The maximum Gasteiger partial charge on any atom is 0.253 e. The minimum Gasteiger partial charge on any atom is -0.388 e. The summed E-state index contributed by atoms with van der Waals surface area (Å²) in [6.45, 7) is 3.76. The molecule has 17 heteroatoms. The van der Waals surface area contributed by atoms with Crippen LogP contribution in [0.5, 0.6) is 0 Å². The number of aliphatic hydroxyl groups excluding tert-OH is 5. The molecule has 0 aromatic heterocycles. The van der Waals surface area contributed by atoms with Crippen LogP contribution in [-0.4, -0.2) is 165 Å². The second-order valence-electron chi connectivity index (χ2n) is 12.0. The number of hydrogen-bond donors (Lipinski definition) is 12. The fourth-order valence-electron chi connectivity index (χ4n) is 5.93. The highest BCUT2D eigenvalue weighted by molar-refractivity contribution is 5.89. The predicted octanol–water partition coefficient (Wildman–Crippen LogP) is -6.73. The van der Waals surface area contributed by atoms with Gasteiger partial charge in [-0.05, 0) is 26.9 Å². The quantitative estimate of drug-likeness (QED) is 0.110. The van der Waals surface area contributed by atoms with Gasteiger partial charge in [-0.3, -0.25) is 4.79 Å². The number of nitrogens with one attached hydrogen (secondary N) is 3. The molecule has 0 bridgehead atoms. The minimum absolute atomic E-state index is 0.0416. The van der Waals surface area contributed by atoms with E-state index in [2.05, 4.69) is 16.0 Å². The maximum atomic E-state index is 12.9. The third-order valence-electron chi connectivity index (χ3n) is 8.70. The summed E-state index contributed by atoms with van der Waals surface area (Å²) in [5.41, 5.74) is 8.85. The van der Waals surface area contributed by atoms with Crippen molar-refractivity contribution < 1.29 is 59.5 Å². The van der Waals surface area contributed by atoms with Crippen molar-refractivity contribution in [3.8, 4) is 0 Å². The number of aliphatic hydroxyl groups is 7. The Bertz CT molecular complexity index is 936.